The summed E-state index contributed by atoms with van der Waals surface area (Å²) in [6.07, 6.45) is 1.72. The normalized spacial score (nSPS) is 49.2. The Morgan fingerprint density at radius 1 is 1.17 bits per heavy atom. The molecule has 0 aromatic carbocycles. The van der Waals surface area contributed by atoms with Crippen LogP contribution in [-0.4, -0.2) is 25.2 Å². The standard InChI is InChI=1S/C9H13FO2/c10-7-3-6-5-9(8(6)4-7)11-1-2-12-9/h6-8H,1-5H2/t6-,7-,8+/m0/s1. The summed E-state index contributed by atoms with van der Waals surface area (Å²) in [6, 6.07) is 0. The minimum atomic E-state index is -0.604. The minimum absolute atomic E-state index is 0.342. The van der Waals surface area contributed by atoms with Crippen LogP contribution in [0.25, 0.3) is 0 Å². The van der Waals surface area contributed by atoms with Crippen LogP contribution in [-0.2, 0) is 9.47 Å². The number of hydrogen-bond acceptors (Lipinski definition) is 2. The molecule has 1 spiro atoms. The van der Waals surface area contributed by atoms with Gasteiger partial charge in [0.15, 0.2) is 5.79 Å². The summed E-state index contributed by atoms with van der Waals surface area (Å²) in [7, 11) is 0. The Bertz CT molecular complexity index is 201. The van der Waals surface area contributed by atoms with Gasteiger partial charge in [0, 0.05) is 12.3 Å². The van der Waals surface area contributed by atoms with E-state index in [9.17, 15) is 4.39 Å². The number of rotatable bonds is 0. The van der Waals surface area contributed by atoms with Gasteiger partial charge in [-0.2, -0.15) is 0 Å². The van der Waals surface area contributed by atoms with Gasteiger partial charge in [-0.15, -0.1) is 0 Å². The topological polar surface area (TPSA) is 18.5 Å². The van der Waals surface area contributed by atoms with Crippen molar-refractivity contribution in [3.05, 3.63) is 0 Å². The van der Waals surface area contributed by atoms with E-state index in [0.717, 1.165) is 12.8 Å². The maximum atomic E-state index is 13.0. The molecule has 3 heteroatoms. The Balaban J connectivity index is 1.78. The lowest BCUT2D eigenvalue weighted by atomic mass is 9.70. The maximum absolute atomic E-state index is 13.0. The summed E-state index contributed by atoms with van der Waals surface area (Å²) in [4.78, 5) is 0. The van der Waals surface area contributed by atoms with Crippen molar-refractivity contribution in [2.24, 2.45) is 11.8 Å². The molecule has 0 unspecified atom stereocenters. The molecule has 3 fully saturated rings. The molecule has 68 valence electrons. The van der Waals surface area contributed by atoms with E-state index >= 15 is 0 Å². The summed E-state index contributed by atoms with van der Waals surface area (Å²) >= 11 is 0. The van der Waals surface area contributed by atoms with Crippen LogP contribution >= 0.6 is 0 Å². The average molecular weight is 172 g/mol. The number of alkyl halides is 1. The molecule has 12 heavy (non-hydrogen) atoms. The van der Waals surface area contributed by atoms with E-state index in [0.29, 0.717) is 31.5 Å². The monoisotopic (exact) mass is 172 g/mol. The van der Waals surface area contributed by atoms with E-state index in [1.807, 2.05) is 0 Å². The van der Waals surface area contributed by atoms with Gasteiger partial charge >= 0.3 is 0 Å². The zero-order valence-corrected chi connectivity index (χ0v) is 6.96. The zero-order valence-electron chi connectivity index (χ0n) is 6.96. The first kappa shape index (κ1) is 7.27. The van der Waals surface area contributed by atoms with Gasteiger partial charge in [-0.05, 0) is 18.8 Å². The summed E-state index contributed by atoms with van der Waals surface area (Å²) in [5.41, 5.74) is 0. The lowest BCUT2D eigenvalue weighted by Gasteiger charge is -2.47. The summed E-state index contributed by atoms with van der Waals surface area (Å²) in [6.45, 7) is 1.39. The van der Waals surface area contributed by atoms with Crippen LogP contribution in [0.5, 0.6) is 0 Å². The first-order valence-corrected chi connectivity index (χ1v) is 4.72. The molecule has 2 aliphatic carbocycles. The van der Waals surface area contributed by atoms with Crippen LogP contribution in [0.1, 0.15) is 19.3 Å². The zero-order chi connectivity index (χ0) is 8.18. The van der Waals surface area contributed by atoms with Gasteiger partial charge < -0.3 is 9.47 Å². The Kier molecular flexibility index (Phi) is 1.34. The molecule has 3 atom stereocenters. The van der Waals surface area contributed by atoms with Crippen molar-refractivity contribution in [1.82, 2.24) is 0 Å². The van der Waals surface area contributed by atoms with Gasteiger partial charge in [0.2, 0.25) is 0 Å². The van der Waals surface area contributed by atoms with Crippen LogP contribution in [0.4, 0.5) is 4.39 Å². The fourth-order valence-electron chi connectivity index (χ4n) is 2.98. The Labute approximate surface area is 71.0 Å². The molecule has 1 saturated heterocycles. The fraction of sp³-hybridized carbons (Fsp3) is 1.00. The van der Waals surface area contributed by atoms with E-state index in [-0.39, 0.29) is 5.79 Å². The minimum Gasteiger partial charge on any atom is -0.347 e. The van der Waals surface area contributed by atoms with Gasteiger partial charge in [0.05, 0.1) is 13.2 Å². The van der Waals surface area contributed by atoms with Gasteiger partial charge in [0.25, 0.3) is 0 Å². The third-order valence-corrected chi connectivity index (χ3v) is 3.52. The molecule has 3 rings (SSSR count). The molecule has 0 N–H and O–H groups in total. The van der Waals surface area contributed by atoms with Crippen LogP contribution in [0.3, 0.4) is 0 Å². The highest BCUT2D eigenvalue weighted by molar-refractivity contribution is 5.04. The van der Waals surface area contributed by atoms with E-state index in [2.05, 4.69) is 0 Å². The Morgan fingerprint density at radius 2 is 1.92 bits per heavy atom. The lowest BCUT2D eigenvalue weighted by Crippen LogP contribution is -2.52. The average Bonchev–Trinajstić information content (AvgIpc) is 2.57. The first-order chi connectivity index (χ1) is 5.80. The Hall–Kier alpha value is -0.150. The van der Waals surface area contributed by atoms with Crippen LogP contribution in [0.2, 0.25) is 0 Å². The van der Waals surface area contributed by atoms with Crippen molar-refractivity contribution in [1.29, 1.82) is 0 Å². The largest absolute Gasteiger partial charge is 0.347 e. The summed E-state index contributed by atoms with van der Waals surface area (Å²) < 4.78 is 24.1. The molecule has 3 aliphatic rings. The number of fused-ring (bicyclic) bond motifs is 2. The predicted octanol–water partition coefficient (Wildman–Crippen LogP) is 1.50. The van der Waals surface area contributed by atoms with Gasteiger partial charge in [0.1, 0.15) is 6.17 Å². The second-order valence-electron chi connectivity index (χ2n) is 4.15. The molecule has 1 heterocycles. The predicted molar refractivity (Wildman–Crippen MR) is 40.4 cm³/mol. The Morgan fingerprint density at radius 3 is 2.58 bits per heavy atom. The molecule has 0 bridgehead atoms. The van der Waals surface area contributed by atoms with E-state index in [4.69, 9.17) is 9.47 Å². The molecule has 2 nitrogen and oxygen atoms in total. The van der Waals surface area contributed by atoms with Crippen molar-refractivity contribution in [2.45, 2.75) is 31.2 Å². The molecule has 2 saturated carbocycles. The number of hydrogen-bond donors (Lipinski definition) is 0. The van der Waals surface area contributed by atoms with Crippen molar-refractivity contribution < 1.29 is 13.9 Å². The molecule has 0 radical (unpaired) electrons. The third kappa shape index (κ3) is 0.761. The molecule has 0 aromatic rings. The number of ether oxygens (including phenoxy) is 2. The van der Waals surface area contributed by atoms with Crippen molar-refractivity contribution in [3.63, 3.8) is 0 Å². The first-order valence-electron chi connectivity index (χ1n) is 4.72. The van der Waals surface area contributed by atoms with E-state index in [1.165, 1.54) is 0 Å². The van der Waals surface area contributed by atoms with Crippen molar-refractivity contribution in [3.8, 4) is 0 Å². The number of halogens is 1. The van der Waals surface area contributed by atoms with Crippen LogP contribution in [0.15, 0.2) is 0 Å². The summed E-state index contributed by atoms with van der Waals surface area (Å²) in [5.74, 6) is 0.555. The van der Waals surface area contributed by atoms with Crippen LogP contribution in [0, 0.1) is 11.8 Å². The third-order valence-electron chi connectivity index (χ3n) is 3.52. The summed E-state index contributed by atoms with van der Waals surface area (Å²) in [5, 5.41) is 0. The molecule has 0 aromatic heterocycles. The molecular formula is C9H13FO2. The van der Waals surface area contributed by atoms with Crippen LogP contribution < -0.4 is 0 Å². The van der Waals surface area contributed by atoms with Gasteiger partial charge in [-0.3, -0.25) is 0 Å². The highest BCUT2D eigenvalue weighted by Crippen LogP contribution is 2.57. The van der Waals surface area contributed by atoms with Crippen molar-refractivity contribution >= 4 is 0 Å². The SMILES string of the molecule is F[C@H]1C[C@H]2CC3(OCCO3)[C@@H]2C1. The second-order valence-corrected chi connectivity index (χ2v) is 4.15. The van der Waals surface area contributed by atoms with E-state index < -0.39 is 6.17 Å². The van der Waals surface area contributed by atoms with Crippen molar-refractivity contribution in [2.75, 3.05) is 13.2 Å². The fourth-order valence-corrected chi connectivity index (χ4v) is 2.98. The quantitative estimate of drug-likeness (QED) is 0.551. The van der Waals surface area contributed by atoms with E-state index in [1.54, 1.807) is 0 Å². The molecular weight excluding hydrogens is 159 g/mol. The molecule has 0 amide bonds. The highest BCUT2D eigenvalue weighted by Gasteiger charge is 2.61. The maximum Gasteiger partial charge on any atom is 0.171 e. The lowest BCUT2D eigenvalue weighted by molar-refractivity contribution is -0.267. The molecule has 1 aliphatic heterocycles. The smallest absolute Gasteiger partial charge is 0.171 e. The van der Waals surface area contributed by atoms with Gasteiger partial charge in [-0.1, -0.05) is 0 Å². The second kappa shape index (κ2) is 2.20. The highest BCUT2D eigenvalue weighted by atomic mass is 19.1. The van der Waals surface area contributed by atoms with Gasteiger partial charge in [-0.25, -0.2) is 4.39 Å².